The average Bonchev–Trinajstić information content (AvgIpc) is 3.06. The minimum absolute atomic E-state index is 0.192. The lowest BCUT2D eigenvalue weighted by Gasteiger charge is -2.34. The molecule has 1 aliphatic rings. The van der Waals surface area contributed by atoms with Crippen LogP contribution in [0.3, 0.4) is 0 Å². The average molecular weight is 470 g/mol. The van der Waals surface area contributed by atoms with Gasteiger partial charge < -0.3 is 20.3 Å². The number of anilines is 1. The van der Waals surface area contributed by atoms with Crippen LogP contribution in [-0.4, -0.2) is 54.8 Å². The molecule has 1 aliphatic heterocycles. The van der Waals surface area contributed by atoms with Gasteiger partial charge in [0.25, 0.3) is 5.91 Å². The molecule has 1 aromatic heterocycles. The van der Waals surface area contributed by atoms with Gasteiger partial charge in [-0.15, -0.1) is 11.3 Å². The number of thiophene rings is 1. The summed E-state index contributed by atoms with van der Waals surface area (Å²) < 4.78 is 5.23. The summed E-state index contributed by atoms with van der Waals surface area (Å²) in [5, 5.41) is 5.29. The second-order valence-electron chi connectivity index (χ2n) is 6.37. The van der Waals surface area contributed by atoms with E-state index in [1.807, 2.05) is 0 Å². The molecular formula is C19H17Cl2N3O5S. The number of piperazine rings is 1. The van der Waals surface area contributed by atoms with Crippen LogP contribution in [0.4, 0.5) is 5.69 Å². The third kappa shape index (κ3) is 4.92. The van der Waals surface area contributed by atoms with Gasteiger partial charge in [-0.25, -0.2) is 4.79 Å². The molecule has 3 amide bonds. The molecule has 3 rings (SSSR count). The number of carbonyl (C=O) groups excluding carboxylic acids is 4. The Kier molecular flexibility index (Phi) is 6.96. The van der Waals surface area contributed by atoms with Gasteiger partial charge >= 0.3 is 5.97 Å². The molecule has 11 heteroatoms. The second kappa shape index (κ2) is 9.46. The van der Waals surface area contributed by atoms with Crippen LogP contribution in [0.1, 0.15) is 27.1 Å². The van der Waals surface area contributed by atoms with Crippen molar-refractivity contribution in [2.75, 3.05) is 25.5 Å². The summed E-state index contributed by atoms with van der Waals surface area (Å²) in [7, 11) is 1.26. The number of hydrogen-bond acceptors (Lipinski definition) is 6. The third-order valence-electron chi connectivity index (χ3n) is 4.42. The van der Waals surface area contributed by atoms with Crippen LogP contribution in [0.15, 0.2) is 30.3 Å². The fraction of sp³-hybridized carbons (Fsp3) is 0.263. The molecule has 2 N–H and O–H groups in total. The van der Waals surface area contributed by atoms with Gasteiger partial charge in [-0.1, -0.05) is 29.3 Å². The fourth-order valence-corrected chi connectivity index (χ4v) is 4.48. The van der Waals surface area contributed by atoms with Crippen molar-refractivity contribution in [1.29, 1.82) is 0 Å². The maximum absolute atomic E-state index is 12.9. The van der Waals surface area contributed by atoms with E-state index in [1.165, 1.54) is 24.1 Å². The molecule has 1 aromatic carbocycles. The van der Waals surface area contributed by atoms with Crippen molar-refractivity contribution >= 4 is 63.9 Å². The molecule has 1 saturated heterocycles. The Balaban J connectivity index is 1.74. The van der Waals surface area contributed by atoms with Gasteiger partial charge in [-0.2, -0.15) is 0 Å². The van der Waals surface area contributed by atoms with E-state index in [0.717, 1.165) is 11.3 Å². The number of ether oxygens (including phenoxy) is 1. The van der Waals surface area contributed by atoms with Gasteiger partial charge in [0.05, 0.1) is 29.0 Å². The van der Waals surface area contributed by atoms with Crippen LogP contribution < -0.4 is 10.6 Å². The van der Waals surface area contributed by atoms with Crippen molar-refractivity contribution in [3.05, 3.63) is 50.1 Å². The largest absolute Gasteiger partial charge is 0.465 e. The summed E-state index contributed by atoms with van der Waals surface area (Å²) in [6.07, 6.45) is -0.268. The molecule has 1 atom stereocenters. The molecule has 0 spiro atoms. The summed E-state index contributed by atoms with van der Waals surface area (Å²) in [6.45, 7) is 0.490. The predicted molar refractivity (Wildman–Crippen MR) is 113 cm³/mol. The molecule has 8 nitrogen and oxygen atoms in total. The van der Waals surface area contributed by atoms with Gasteiger partial charge in [-0.05, 0) is 24.3 Å². The first-order chi connectivity index (χ1) is 14.3. The molecule has 30 heavy (non-hydrogen) atoms. The standard InChI is InChI=1S/C19H17Cl2N3O5S/c1-29-19(28)10-3-2-4-11(7-10)23-15(25)9-13-17(26)22-5-6-24(13)18(27)12-8-14(20)30-16(12)21/h2-4,7-8,13H,5-6,9H2,1H3,(H,22,26)(H,23,25)/t13-/m0/s1. The molecule has 1 fully saturated rings. The maximum atomic E-state index is 12.9. The van der Waals surface area contributed by atoms with Crippen molar-refractivity contribution in [1.82, 2.24) is 10.2 Å². The lowest BCUT2D eigenvalue weighted by atomic mass is 10.1. The normalized spacial score (nSPS) is 16.0. The third-order valence-corrected chi connectivity index (χ3v) is 5.91. The monoisotopic (exact) mass is 469 g/mol. The quantitative estimate of drug-likeness (QED) is 0.654. The number of nitrogens with zero attached hydrogens (tertiary/aromatic N) is 1. The molecular weight excluding hydrogens is 453 g/mol. The van der Waals surface area contributed by atoms with E-state index in [1.54, 1.807) is 18.2 Å². The molecule has 0 aliphatic carbocycles. The molecule has 2 heterocycles. The number of methoxy groups -OCH3 is 1. The van der Waals surface area contributed by atoms with E-state index in [0.29, 0.717) is 10.0 Å². The van der Waals surface area contributed by atoms with E-state index >= 15 is 0 Å². The van der Waals surface area contributed by atoms with Gasteiger partial charge in [0.2, 0.25) is 11.8 Å². The lowest BCUT2D eigenvalue weighted by molar-refractivity contribution is -0.131. The first-order valence-corrected chi connectivity index (χ1v) is 10.4. The number of amides is 3. The van der Waals surface area contributed by atoms with E-state index in [9.17, 15) is 19.2 Å². The molecule has 0 bridgehead atoms. The maximum Gasteiger partial charge on any atom is 0.337 e. The zero-order valence-corrected chi connectivity index (χ0v) is 18.1. The fourth-order valence-electron chi connectivity index (χ4n) is 3.03. The Bertz CT molecular complexity index is 1010. The Morgan fingerprint density at radius 3 is 2.73 bits per heavy atom. The van der Waals surface area contributed by atoms with Crippen LogP contribution in [-0.2, 0) is 14.3 Å². The summed E-state index contributed by atoms with van der Waals surface area (Å²) in [5.74, 6) is -1.94. The first-order valence-electron chi connectivity index (χ1n) is 8.82. The van der Waals surface area contributed by atoms with Crippen LogP contribution >= 0.6 is 34.5 Å². The van der Waals surface area contributed by atoms with Crippen molar-refractivity contribution in [2.24, 2.45) is 0 Å². The highest BCUT2D eigenvalue weighted by molar-refractivity contribution is 7.20. The Labute approximate surface area is 186 Å². The van der Waals surface area contributed by atoms with Gasteiger partial charge in [-0.3, -0.25) is 14.4 Å². The van der Waals surface area contributed by atoms with Crippen LogP contribution in [0.25, 0.3) is 0 Å². The number of nitrogens with one attached hydrogen (secondary N) is 2. The van der Waals surface area contributed by atoms with Gasteiger partial charge in [0.1, 0.15) is 10.4 Å². The van der Waals surface area contributed by atoms with Crippen LogP contribution in [0.5, 0.6) is 0 Å². The zero-order chi connectivity index (χ0) is 21.8. The molecule has 0 unspecified atom stereocenters. The number of esters is 1. The first kappa shape index (κ1) is 22.1. The van der Waals surface area contributed by atoms with Crippen molar-refractivity contribution in [2.45, 2.75) is 12.5 Å². The van der Waals surface area contributed by atoms with Crippen molar-refractivity contribution in [3.63, 3.8) is 0 Å². The Morgan fingerprint density at radius 2 is 2.07 bits per heavy atom. The number of hydrogen-bond donors (Lipinski definition) is 2. The topological polar surface area (TPSA) is 105 Å². The van der Waals surface area contributed by atoms with E-state index in [2.05, 4.69) is 15.4 Å². The predicted octanol–water partition coefficient (Wildman–Crippen LogP) is 2.81. The van der Waals surface area contributed by atoms with E-state index in [-0.39, 0.29) is 35.0 Å². The summed E-state index contributed by atoms with van der Waals surface area (Å²) >= 11 is 13.0. The van der Waals surface area contributed by atoms with Crippen LogP contribution in [0, 0.1) is 0 Å². The van der Waals surface area contributed by atoms with Gasteiger partial charge in [0.15, 0.2) is 0 Å². The highest BCUT2D eigenvalue weighted by Crippen LogP contribution is 2.32. The number of carbonyl (C=O) groups is 4. The highest BCUT2D eigenvalue weighted by atomic mass is 35.5. The summed E-state index contributed by atoms with van der Waals surface area (Å²) in [6, 6.07) is 6.63. The van der Waals surface area contributed by atoms with E-state index in [4.69, 9.17) is 23.2 Å². The summed E-state index contributed by atoms with van der Waals surface area (Å²) in [4.78, 5) is 50.8. The molecule has 158 valence electrons. The number of benzene rings is 1. The number of halogens is 2. The highest BCUT2D eigenvalue weighted by Gasteiger charge is 2.36. The molecule has 2 aromatic rings. The van der Waals surface area contributed by atoms with Crippen molar-refractivity contribution in [3.8, 4) is 0 Å². The van der Waals surface area contributed by atoms with Crippen molar-refractivity contribution < 1.29 is 23.9 Å². The smallest absolute Gasteiger partial charge is 0.337 e. The molecule has 0 radical (unpaired) electrons. The SMILES string of the molecule is COC(=O)c1cccc(NC(=O)C[C@H]2C(=O)NCCN2C(=O)c2cc(Cl)sc2Cl)c1. The van der Waals surface area contributed by atoms with Gasteiger partial charge in [0, 0.05) is 18.8 Å². The number of rotatable bonds is 5. The minimum Gasteiger partial charge on any atom is -0.465 e. The summed E-state index contributed by atoms with van der Waals surface area (Å²) in [5.41, 5.74) is 0.828. The molecule has 0 saturated carbocycles. The lowest BCUT2D eigenvalue weighted by Crippen LogP contribution is -2.58. The zero-order valence-electron chi connectivity index (χ0n) is 15.7. The van der Waals surface area contributed by atoms with E-state index < -0.39 is 29.7 Å². The Hall–Kier alpha value is -2.62. The van der Waals surface area contributed by atoms with Crippen LogP contribution in [0.2, 0.25) is 8.67 Å². The Morgan fingerprint density at radius 1 is 1.30 bits per heavy atom. The second-order valence-corrected chi connectivity index (χ2v) is 8.65. The minimum atomic E-state index is -1.01.